The third kappa shape index (κ3) is 9.62. The second-order valence-electron chi connectivity index (χ2n) is 3.69. The highest BCUT2D eigenvalue weighted by atomic mass is 35.5. The summed E-state index contributed by atoms with van der Waals surface area (Å²) < 4.78 is 16.1. The molecule has 0 aromatic heterocycles. The summed E-state index contributed by atoms with van der Waals surface area (Å²) in [5.41, 5.74) is 0. The predicted molar refractivity (Wildman–Crippen MR) is 74.1 cm³/mol. The molecule has 4 nitrogen and oxygen atoms in total. The van der Waals surface area contributed by atoms with Crippen molar-refractivity contribution in [1.82, 2.24) is 0 Å². The number of hydrogen-bond acceptors (Lipinski definition) is 4. The van der Waals surface area contributed by atoms with Gasteiger partial charge in [-0.15, -0.1) is 34.8 Å². The van der Waals surface area contributed by atoms with Crippen LogP contribution in [0, 0.1) is 0 Å². The number of ether oxygens (including phenoxy) is 3. The fourth-order valence-corrected chi connectivity index (χ4v) is 1.50. The minimum Gasteiger partial charge on any atom is -0.389 e. The van der Waals surface area contributed by atoms with Crippen molar-refractivity contribution in [1.29, 1.82) is 0 Å². The first-order valence-electron chi connectivity index (χ1n) is 5.84. The summed E-state index contributed by atoms with van der Waals surface area (Å²) in [4.78, 5) is 0. The standard InChI is InChI=1S/C11H21Cl3O4/c1-2-16-7-10(4-13)18-8-11(5-14)17-6-9(15)3-12/h9-11,15H,2-8H2,1H3. The third-order valence-electron chi connectivity index (χ3n) is 2.07. The van der Waals surface area contributed by atoms with E-state index in [0.29, 0.717) is 25.7 Å². The SMILES string of the molecule is CCOCC(CCl)OCC(CCl)OCC(O)CCl. The van der Waals surface area contributed by atoms with Gasteiger partial charge >= 0.3 is 0 Å². The quantitative estimate of drug-likeness (QED) is 0.557. The molecule has 0 radical (unpaired) electrons. The minimum atomic E-state index is -0.690. The van der Waals surface area contributed by atoms with E-state index in [1.54, 1.807) is 0 Å². The summed E-state index contributed by atoms with van der Waals surface area (Å²) in [5, 5.41) is 9.26. The van der Waals surface area contributed by atoms with Gasteiger partial charge in [-0.1, -0.05) is 0 Å². The molecule has 0 aliphatic carbocycles. The Kier molecular flexibility index (Phi) is 13.2. The Labute approximate surface area is 123 Å². The molecule has 0 aromatic carbocycles. The second-order valence-corrected chi connectivity index (χ2v) is 4.61. The third-order valence-corrected chi connectivity index (χ3v) is 3.12. The van der Waals surface area contributed by atoms with Gasteiger partial charge in [-0.3, -0.25) is 0 Å². The maximum absolute atomic E-state index is 9.26. The van der Waals surface area contributed by atoms with Crippen molar-refractivity contribution in [3.05, 3.63) is 0 Å². The normalized spacial score (nSPS) is 16.5. The van der Waals surface area contributed by atoms with Crippen molar-refractivity contribution in [2.45, 2.75) is 25.2 Å². The molecular weight excluding hydrogens is 302 g/mol. The van der Waals surface area contributed by atoms with Crippen LogP contribution < -0.4 is 0 Å². The lowest BCUT2D eigenvalue weighted by Crippen LogP contribution is -2.31. The maximum atomic E-state index is 9.26. The van der Waals surface area contributed by atoms with Crippen molar-refractivity contribution in [3.8, 4) is 0 Å². The Morgan fingerprint density at radius 1 is 0.889 bits per heavy atom. The van der Waals surface area contributed by atoms with E-state index in [1.165, 1.54) is 0 Å². The van der Waals surface area contributed by atoms with Gasteiger partial charge in [0.15, 0.2) is 0 Å². The molecule has 0 spiro atoms. The van der Waals surface area contributed by atoms with Gasteiger partial charge in [0, 0.05) is 6.61 Å². The average molecular weight is 324 g/mol. The van der Waals surface area contributed by atoms with Crippen LogP contribution in [-0.2, 0) is 14.2 Å². The summed E-state index contributed by atoms with van der Waals surface area (Å²) in [6, 6.07) is 0. The van der Waals surface area contributed by atoms with Gasteiger partial charge in [0.1, 0.15) is 0 Å². The average Bonchev–Trinajstić information content (AvgIpc) is 2.41. The summed E-state index contributed by atoms with van der Waals surface area (Å²) >= 11 is 16.9. The van der Waals surface area contributed by atoms with Crippen LogP contribution in [-0.4, -0.2) is 67.5 Å². The molecule has 1 N–H and O–H groups in total. The molecule has 110 valence electrons. The summed E-state index contributed by atoms with van der Waals surface area (Å²) in [7, 11) is 0. The van der Waals surface area contributed by atoms with Crippen LogP contribution in [0.2, 0.25) is 0 Å². The van der Waals surface area contributed by atoms with Crippen LogP contribution in [0.1, 0.15) is 6.92 Å². The number of aliphatic hydroxyl groups excluding tert-OH is 1. The van der Waals surface area contributed by atoms with E-state index < -0.39 is 6.10 Å². The number of hydrogen-bond donors (Lipinski definition) is 1. The predicted octanol–water partition coefficient (Wildman–Crippen LogP) is 1.87. The number of aliphatic hydroxyl groups is 1. The van der Waals surface area contributed by atoms with E-state index in [0.717, 1.165) is 0 Å². The Hall–Kier alpha value is 0.710. The first-order valence-corrected chi connectivity index (χ1v) is 7.45. The molecular formula is C11H21Cl3O4. The van der Waals surface area contributed by atoms with Crippen molar-refractivity contribution >= 4 is 34.8 Å². The van der Waals surface area contributed by atoms with E-state index >= 15 is 0 Å². The first-order chi connectivity index (χ1) is 8.67. The largest absolute Gasteiger partial charge is 0.389 e. The highest BCUT2D eigenvalue weighted by Gasteiger charge is 2.15. The molecule has 0 saturated heterocycles. The first kappa shape index (κ1) is 18.7. The highest BCUT2D eigenvalue weighted by molar-refractivity contribution is 6.18. The zero-order chi connectivity index (χ0) is 13.8. The fraction of sp³-hybridized carbons (Fsp3) is 1.00. The zero-order valence-corrected chi connectivity index (χ0v) is 12.8. The van der Waals surface area contributed by atoms with Crippen molar-refractivity contribution in [2.75, 3.05) is 44.1 Å². The summed E-state index contributed by atoms with van der Waals surface area (Å²) in [5.74, 6) is 0.752. The number of halogens is 3. The van der Waals surface area contributed by atoms with Crippen molar-refractivity contribution < 1.29 is 19.3 Å². The smallest absolute Gasteiger partial charge is 0.0944 e. The van der Waals surface area contributed by atoms with Crippen LogP contribution in [0.4, 0.5) is 0 Å². The van der Waals surface area contributed by atoms with Crippen LogP contribution in [0.3, 0.4) is 0 Å². The molecule has 0 heterocycles. The van der Waals surface area contributed by atoms with Gasteiger partial charge < -0.3 is 19.3 Å². The molecule has 0 rings (SSSR count). The van der Waals surface area contributed by atoms with Crippen LogP contribution in [0.15, 0.2) is 0 Å². The van der Waals surface area contributed by atoms with E-state index in [9.17, 15) is 5.11 Å². The fourth-order valence-electron chi connectivity index (χ4n) is 1.06. The van der Waals surface area contributed by atoms with Gasteiger partial charge in [-0.25, -0.2) is 0 Å². The van der Waals surface area contributed by atoms with E-state index in [4.69, 9.17) is 49.0 Å². The molecule has 18 heavy (non-hydrogen) atoms. The lowest BCUT2D eigenvalue weighted by atomic mass is 10.4. The topological polar surface area (TPSA) is 47.9 Å². The molecule has 3 atom stereocenters. The van der Waals surface area contributed by atoms with Gasteiger partial charge in [0.05, 0.1) is 55.8 Å². The van der Waals surface area contributed by atoms with Gasteiger partial charge in [-0.2, -0.15) is 0 Å². The molecule has 3 unspecified atom stereocenters. The number of rotatable bonds is 12. The molecule has 0 aliphatic heterocycles. The van der Waals surface area contributed by atoms with Crippen LogP contribution in [0.25, 0.3) is 0 Å². The molecule has 0 saturated carbocycles. The summed E-state index contributed by atoms with van der Waals surface area (Å²) in [6.45, 7) is 3.42. The molecule has 7 heteroatoms. The molecule has 0 aromatic rings. The monoisotopic (exact) mass is 322 g/mol. The van der Waals surface area contributed by atoms with Gasteiger partial charge in [-0.05, 0) is 6.92 Å². The highest BCUT2D eigenvalue weighted by Crippen LogP contribution is 2.04. The molecule has 0 amide bonds. The van der Waals surface area contributed by atoms with Crippen LogP contribution in [0.5, 0.6) is 0 Å². The molecule has 0 fully saturated rings. The Morgan fingerprint density at radius 2 is 1.44 bits per heavy atom. The lowest BCUT2D eigenvalue weighted by Gasteiger charge is -2.20. The van der Waals surface area contributed by atoms with Gasteiger partial charge in [0.25, 0.3) is 0 Å². The molecule has 0 aliphatic rings. The minimum absolute atomic E-state index is 0.129. The molecule has 0 bridgehead atoms. The van der Waals surface area contributed by atoms with Crippen molar-refractivity contribution in [2.24, 2.45) is 0 Å². The zero-order valence-electron chi connectivity index (χ0n) is 10.5. The van der Waals surface area contributed by atoms with Gasteiger partial charge in [0.2, 0.25) is 0 Å². The Morgan fingerprint density at radius 3 is 1.94 bits per heavy atom. The Balaban J connectivity index is 3.82. The Bertz CT molecular complexity index is 186. The van der Waals surface area contributed by atoms with Crippen LogP contribution >= 0.6 is 34.8 Å². The lowest BCUT2D eigenvalue weighted by molar-refractivity contribution is -0.0665. The van der Waals surface area contributed by atoms with E-state index in [1.807, 2.05) is 6.92 Å². The van der Waals surface area contributed by atoms with E-state index in [2.05, 4.69) is 0 Å². The summed E-state index contributed by atoms with van der Waals surface area (Å²) in [6.07, 6.45) is -1.17. The number of alkyl halides is 3. The van der Waals surface area contributed by atoms with Crippen molar-refractivity contribution in [3.63, 3.8) is 0 Å². The second kappa shape index (κ2) is 12.7. The van der Waals surface area contributed by atoms with E-state index in [-0.39, 0.29) is 30.6 Å². The maximum Gasteiger partial charge on any atom is 0.0944 e.